The number of hydrogen-bond donors (Lipinski definition) is 0. The molecule has 2 aromatic carbocycles. The van der Waals surface area contributed by atoms with Crippen LogP contribution in [-0.2, 0) is 0 Å². The number of nitro groups is 1. The van der Waals surface area contributed by atoms with Gasteiger partial charge in [0, 0.05) is 44.8 Å². The molecule has 0 radical (unpaired) electrons. The van der Waals surface area contributed by atoms with Crippen LogP contribution in [0.4, 0.5) is 21.5 Å². The van der Waals surface area contributed by atoms with E-state index >= 15 is 0 Å². The first-order valence-corrected chi connectivity index (χ1v) is 9.87. The van der Waals surface area contributed by atoms with E-state index in [4.69, 9.17) is 0 Å². The largest absolute Gasteiger partial charge is 0.369 e. The Bertz CT molecular complexity index is 908. The molecule has 8 heteroatoms. The fourth-order valence-electron chi connectivity index (χ4n) is 4.05. The zero-order valence-corrected chi connectivity index (χ0v) is 16.1. The average Bonchev–Trinajstić information content (AvgIpc) is 3.28. The zero-order chi connectivity index (χ0) is 20.4. The van der Waals surface area contributed by atoms with Crippen molar-refractivity contribution in [1.29, 1.82) is 0 Å². The van der Waals surface area contributed by atoms with Crippen molar-refractivity contribution in [3.63, 3.8) is 0 Å². The van der Waals surface area contributed by atoms with Crippen LogP contribution >= 0.6 is 0 Å². The van der Waals surface area contributed by atoms with Gasteiger partial charge < -0.3 is 14.7 Å². The van der Waals surface area contributed by atoms with Gasteiger partial charge in [0.25, 0.3) is 11.6 Å². The van der Waals surface area contributed by atoms with Crippen LogP contribution in [-0.4, -0.2) is 55.0 Å². The van der Waals surface area contributed by atoms with E-state index in [1.165, 1.54) is 0 Å². The first-order valence-electron chi connectivity index (χ1n) is 9.87. The van der Waals surface area contributed by atoms with Crippen molar-refractivity contribution in [3.05, 3.63) is 64.0 Å². The minimum absolute atomic E-state index is 0.0448. The highest BCUT2D eigenvalue weighted by Gasteiger charge is 2.29. The van der Waals surface area contributed by atoms with E-state index in [1.54, 1.807) is 23.1 Å². The lowest BCUT2D eigenvalue weighted by atomic mass is 10.1. The Kier molecular flexibility index (Phi) is 5.33. The van der Waals surface area contributed by atoms with E-state index in [2.05, 4.69) is 0 Å². The molecule has 0 bridgehead atoms. The molecule has 0 aliphatic carbocycles. The van der Waals surface area contributed by atoms with Gasteiger partial charge in [-0.15, -0.1) is 0 Å². The van der Waals surface area contributed by atoms with Gasteiger partial charge in [0.15, 0.2) is 5.82 Å². The number of benzene rings is 2. The maximum atomic E-state index is 14.5. The molecule has 2 aliphatic heterocycles. The van der Waals surface area contributed by atoms with Crippen LogP contribution in [0.25, 0.3) is 0 Å². The molecule has 0 atom stereocenters. The fourth-order valence-corrected chi connectivity index (χ4v) is 4.05. The maximum Gasteiger partial charge on any atom is 0.295 e. The van der Waals surface area contributed by atoms with Crippen molar-refractivity contribution < 1.29 is 14.1 Å². The number of anilines is 2. The highest BCUT2D eigenvalue weighted by atomic mass is 19.1. The third kappa shape index (κ3) is 3.87. The van der Waals surface area contributed by atoms with Gasteiger partial charge >= 0.3 is 0 Å². The number of carbonyl (C=O) groups is 1. The molecule has 0 unspecified atom stereocenters. The molecule has 29 heavy (non-hydrogen) atoms. The Morgan fingerprint density at radius 2 is 1.52 bits per heavy atom. The van der Waals surface area contributed by atoms with Crippen LogP contribution in [0.5, 0.6) is 0 Å². The van der Waals surface area contributed by atoms with Crippen molar-refractivity contribution in [2.75, 3.05) is 49.1 Å². The van der Waals surface area contributed by atoms with E-state index in [0.29, 0.717) is 43.1 Å². The fraction of sp³-hybridized carbons (Fsp3) is 0.381. The summed E-state index contributed by atoms with van der Waals surface area (Å²) in [5.41, 5.74) is 1.24. The molecule has 1 amide bonds. The van der Waals surface area contributed by atoms with Gasteiger partial charge in [0.1, 0.15) is 5.69 Å². The van der Waals surface area contributed by atoms with Crippen LogP contribution in [0.2, 0.25) is 0 Å². The van der Waals surface area contributed by atoms with Crippen LogP contribution in [0, 0.1) is 15.9 Å². The van der Waals surface area contributed by atoms with Gasteiger partial charge in [0.2, 0.25) is 0 Å². The van der Waals surface area contributed by atoms with Gasteiger partial charge in [-0.1, -0.05) is 18.2 Å². The Hall–Kier alpha value is -3.16. The van der Waals surface area contributed by atoms with Gasteiger partial charge in [-0.2, -0.15) is 0 Å². The highest BCUT2D eigenvalue weighted by molar-refractivity contribution is 5.94. The Balaban J connectivity index is 1.54. The normalized spacial score (nSPS) is 16.9. The second kappa shape index (κ2) is 8.06. The number of rotatable bonds is 4. The number of piperazine rings is 1. The summed E-state index contributed by atoms with van der Waals surface area (Å²) >= 11 is 0. The molecule has 2 aromatic rings. The number of halogens is 1. The van der Waals surface area contributed by atoms with Gasteiger partial charge in [-0.05, 0) is 31.0 Å². The molecule has 0 spiro atoms. The quantitative estimate of drug-likeness (QED) is 0.584. The molecular formula is C21H23FN4O3. The van der Waals surface area contributed by atoms with Gasteiger partial charge in [-0.3, -0.25) is 14.9 Å². The zero-order valence-electron chi connectivity index (χ0n) is 16.1. The summed E-state index contributed by atoms with van der Waals surface area (Å²) in [5, 5.41) is 11.5. The maximum absolute atomic E-state index is 14.5. The molecule has 0 aromatic heterocycles. The van der Waals surface area contributed by atoms with E-state index < -0.39 is 10.7 Å². The lowest BCUT2D eigenvalue weighted by Gasteiger charge is -2.36. The number of nitro benzene ring substituents is 1. The molecule has 2 aliphatic rings. The molecule has 2 saturated heterocycles. The summed E-state index contributed by atoms with van der Waals surface area (Å²) in [6.45, 7) is 3.36. The summed E-state index contributed by atoms with van der Waals surface area (Å²) < 4.78 is 14.5. The number of hydrogen-bond acceptors (Lipinski definition) is 5. The van der Waals surface area contributed by atoms with Gasteiger partial charge in [-0.25, -0.2) is 4.39 Å². The predicted molar refractivity (Wildman–Crippen MR) is 109 cm³/mol. The molecule has 2 fully saturated rings. The molecule has 7 nitrogen and oxygen atoms in total. The third-order valence-electron chi connectivity index (χ3n) is 5.62. The van der Waals surface area contributed by atoms with Crippen LogP contribution in [0.3, 0.4) is 0 Å². The Labute approximate surface area is 168 Å². The average molecular weight is 398 g/mol. The second-order valence-electron chi connectivity index (χ2n) is 7.39. The SMILES string of the molecule is O=C(c1ccccc1)N1CCN(c2cc(N3CCCC3)c(F)cc2[N+](=O)[O-])CC1. The minimum atomic E-state index is -0.555. The Morgan fingerprint density at radius 1 is 0.897 bits per heavy atom. The van der Waals surface area contributed by atoms with Crippen molar-refractivity contribution in [3.8, 4) is 0 Å². The molecule has 0 N–H and O–H groups in total. The predicted octanol–water partition coefficient (Wildman–Crippen LogP) is 3.30. The lowest BCUT2D eigenvalue weighted by molar-refractivity contribution is -0.384. The molecular weight excluding hydrogens is 375 g/mol. The van der Waals surface area contributed by atoms with E-state index in [9.17, 15) is 19.3 Å². The van der Waals surface area contributed by atoms with Crippen LogP contribution in [0.15, 0.2) is 42.5 Å². The molecule has 2 heterocycles. The third-order valence-corrected chi connectivity index (χ3v) is 5.62. The van der Waals surface area contributed by atoms with Crippen molar-refractivity contribution in [2.24, 2.45) is 0 Å². The summed E-state index contributed by atoms with van der Waals surface area (Å²) in [4.78, 5) is 29.2. The smallest absolute Gasteiger partial charge is 0.295 e. The monoisotopic (exact) mass is 398 g/mol. The summed E-state index contributed by atoms with van der Waals surface area (Å²) in [6, 6.07) is 11.7. The van der Waals surface area contributed by atoms with Crippen LogP contribution in [0.1, 0.15) is 23.2 Å². The van der Waals surface area contributed by atoms with Crippen molar-refractivity contribution >= 4 is 23.0 Å². The van der Waals surface area contributed by atoms with Crippen molar-refractivity contribution in [2.45, 2.75) is 12.8 Å². The van der Waals surface area contributed by atoms with E-state index in [0.717, 1.165) is 32.0 Å². The van der Waals surface area contributed by atoms with Gasteiger partial charge in [0.05, 0.1) is 16.7 Å². The lowest BCUT2D eigenvalue weighted by Crippen LogP contribution is -2.49. The minimum Gasteiger partial charge on any atom is -0.369 e. The second-order valence-corrected chi connectivity index (χ2v) is 7.39. The summed E-state index contributed by atoms with van der Waals surface area (Å²) in [6.07, 6.45) is 1.98. The first-order chi connectivity index (χ1) is 14.0. The topological polar surface area (TPSA) is 69.9 Å². The first kappa shape index (κ1) is 19.2. The molecule has 152 valence electrons. The van der Waals surface area contributed by atoms with Crippen molar-refractivity contribution in [1.82, 2.24) is 4.90 Å². The van der Waals surface area contributed by atoms with E-state index in [-0.39, 0.29) is 11.6 Å². The summed E-state index contributed by atoms with van der Waals surface area (Å²) in [7, 11) is 0. The number of nitrogens with zero attached hydrogens (tertiary/aromatic N) is 4. The molecule has 4 rings (SSSR count). The highest BCUT2D eigenvalue weighted by Crippen LogP contribution is 2.36. The number of amides is 1. The standard InChI is InChI=1S/C21H23FN4O3/c22-17-14-20(26(28)29)19(15-18(17)23-8-4-5-9-23)24-10-12-25(13-11-24)21(27)16-6-2-1-3-7-16/h1-3,6-7,14-15H,4-5,8-13H2. The molecule has 0 saturated carbocycles. The van der Waals surface area contributed by atoms with Crippen LogP contribution < -0.4 is 9.80 Å². The summed E-state index contributed by atoms with van der Waals surface area (Å²) in [5.74, 6) is -0.600. The Morgan fingerprint density at radius 3 is 2.14 bits per heavy atom. The van der Waals surface area contributed by atoms with E-state index in [1.807, 2.05) is 28.0 Å². The number of carbonyl (C=O) groups excluding carboxylic acids is 1.